The largest absolute Gasteiger partial charge is 0.392 e. The summed E-state index contributed by atoms with van der Waals surface area (Å²) in [4.78, 5) is 16.8. The van der Waals surface area contributed by atoms with Crippen LogP contribution in [0.4, 0.5) is 0 Å². The molecule has 4 nitrogen and oxygen atoms in total. The molecule has 0 spiro atoms. The second-order valence-electron chi connectivity index (χ2n) is 4.22. The monoisotopic (exact) mass is 285 g/mol. The molecule has 0 radical (unpaired) electrons. The zero-order chi connectivity index (χ0) is 13.8. The smallest absolute Gasteiger partial charge is 0.233 e. The van der Waals surface area contributed by atoms with Gasteiger partial charge in [0.05, 0.1) is 16.9 Å². The Balaban J connectivity index is 2.71. The minimum atomic E-state index is -0.734. The number of nitrogens with one attached hydrogen (secondary N) is 1. The summed E-state index contributed by atoms with van der Waals surface area (Å²) in [7, 11) is 0. The maximum Gasteiger partial charge on any atom is 0.233 e. The number of aryl methyl sites for hydroxylation is 1. The molecule has 0 atom stereocenters. The molecular weight excluding hydrogens is 266 g/mol. The van der Waals surface area contributed by atoms with Gasteiger partial charge in [-0.25, -0.2) is 4.98 Å². The van der Waals surface area contributed by atoms with Gasteiger partial charge in [0.1, 0.15) is 5.01 Å². The van der Waals surface area contributed by atoms with Gasteiger partial charge in [0, 0.05) is 11.1 Å². The Bertz CT molecular complexity index is 438. The van der Waals surface area contributed by atoms with Gasteiger partial charge in [-0.05, 0) is 19.8 Å². The summed E-state index contributed by atoms with van der Waals surface area (Å²) < 4.78 is 0. The summed E-state index contributed by atoms with van der Waals surface area (Å²) in [5.41, 5.74) is 5.96. The van der Waals surface area contributed by atoms with Gasteiger partial charge < -0.3 is 11.1 Å². The molecule has 100 valence electrons. The Kier molecular flexibility index (Phi) is 5.22. The van der Waals surface area contributed by atoms with Gasteiger partial charge >= 0.3 is 0 Å². The lowest BCUT2D eigenvalue weighted by atomic mass is 9.81. The Morgan fingerprint density at radius 1 is 1.56 bits per heavy atom. The molecule has 1 aromatic heterocycles. The quantitative estimate of drug-likeness (QED) is 0.786. The molecule has 0 aliphatic carbocycles. The van der Waals surface area contributed by atoms with Crippen LogP contribution in [0, 0.1) is 12.3 Å². The molecule has 0 saturated heterocycles. The molecule has 1 heterocycles. The van der Waals surface area contributed by atoms with Crippen LogP contribution in [0.3, 0.4) is 0 Å². The van der Waals surface area contributed by atoms with Crippen LogP contribution in [0.1, 0.15) is 37.4 Å². The van der Waals surface area contributed by atoms with E-state index in [1.54, 1.807) is 0 Å². The van der Waals surface area contributed by atoms with Crippen molar-refractivity contribution in [1.82, 2.24) is 10.3 Å². The van der Waals surface area contributed by atoms with Gasteiger partial charge in [0.25, 0.3) is 0 Å². The molecule has 1 rings (SSSR count). The molecular formula is C12H19N3OS2. The number of aromatic nitrogens is 1. The number of carbonyl (C=O) groups excluding carboxylic acids is 1. The lowest BCUT2D eigenvalue weighted by Gasteiger charge is -2.28. The topological polar surface area (TPSA) is 68.0 Å². The normalized spacial score (nSPS) is 11.3. The number of hydrogen-bond acceptors (Lipinski definition) is 4. The predicted molar refractivity (Wildman–Crippen MR) is 78.5 cm³/mol. The van der Waals surface area contributed by atoms with E-state index in [2.05, 4.69) is 10.3 Å². The molecule has 6 heteroatoms. The average molecular weight is 285 g/mol. The summed E-state index contributed by atoms with van der Waals surface area (Å²) >= 11 is 6.58. The first-order valence-corrected chi connectivity index (χ1v) is 7.24. The van der Waals surface area contributed by atoms with Gasteiger partial charge in [0.2, 0.25) is 5.91 Å². The second kappa shape index (κ2) is 6.24. The molecule has 1 aromatic rings. The Morgan fingerprint density at radius 3 is 2.56 bits per heavy atom. The summed E-state index contributed by atoms with van der Waals surface area (Å²) in [5.74, 6) is -0.104. The number of carbonyl (C=O) groups is 1. The fourth-order valence-electron chi connectivity index (χ4n) is 1.84. The molecule has 0 aliphatic rings. The number of nitrogens with zero attached hydrogens (tertiary/aromatic N) is 1. The SMILES string of the molecule is CCC(CC)(C(=O)NCc1nc(C)cs1)C(N)=S. The predicted octanol–water partition coefficient (Wildman–Crippen LogP) is 2.16. The fourth-order valence-corrected chi connectivity index (χ4v) is 2.93. The van der Waals surface area contributed by atoms with Gasteiger partial charge in [-0.1, -0.05) is 26.1 Å². The van der Waals surface area contributed by atoms with Crippen molar-refractivity contribution in [3.05, 3.63) is 16.1 Å². The van der Waals surface area contributed by atoms with Crippen LogP contribution >= 0.6 is 23.6 Å². The van der Waals surface area contributed by atoms with Crippen molar-refractivity contribution in [3.8, 4) is 0 Å². The lowest BCUT2D eigenvalue weighted by Crippen LogP contribution is -2.48. The molecule has 0 saturated carbocycles. The van der Waals surface area contributed by atoms with Crippen molar-refractivity contribution >= 4 is 34.5 Å². The van der Waals surface area contributed by atoms with E-state index in [-0.39, 0.29) is 10.9 Å². The van der Waals surface area contributed by atoms with Crippen LogP contribution in [0.5, 0.6) is 0 Å². The van der Waals surface area contributed by atoms with Gasteiger partial charge in [0.15, 0.2) is 0 Å². The second-order valence-corrected chi connectivity index (χ2v) is 5.60. The molecule has 0 bridgehead atoms. The van der Waals surface area contributed by atoms with E-state index in [1.807, 2.05) is 26.2 Å². The average Bonchev–Trinajstić information content (AvgIpc) is 2.74. The molecule has 3 N–H and O–H groups in total. The molecule has 0 fully saturated rings. The van der Waals surface area contributed by atoms with E-state index >= 15 is 0 Å². The Morgan fingerprint density at radius 2 is 2.17 bits per heavy atom. The third-order valence-corrected chi connectivity index (χ3v) is 4.54. The fraction of sp³-hybridized carbons (Fsp3) is 0.583. The Labute approximate surface area is 117 Å². The maximum atomic E-state index is 12.2. The van der Waals surface area contributed by atoms with E-state index < -0.39 is 5.41 Å². The Hall–Kier alpha value is -1.01. The van der Waals surface area contributed by atoms with E-state index in [4.69, 9.17) is 18.0 Å². The minimum absolute atomic E-state index is 0.104. The van der Waals surface area contributed by atoms with Gasteiger partial charge in [-0.3, -0.25) is 4.79 Å². The van der Waals surface area contributed by atoms with Crippen LogP contribution in [-0.2, 0) is 11.3 Å². The van der Waals surface area contributed by atoms with Crippen molar-refractivity contribution in [2.45, 2.75) is 40.2 Å². The molecule has 0 aliphatic heterocycles. The van der Waals surface area contributed by atoms with Gasteiger partial charge in [-0.15, -0.1) is 11.3 Å². The highest BCUT2D eigenvalue weighted by Gasteiger charge is 2.37. The van der Waals surface area contributed by atoms with Crippen LogP contribution in [0.2, 0.25) is 0 Å². The van der Waals surface area contributed by atoms with E-state index in [1.165, 1.54) is 11.3 Å². The highest BCUT2D eigenvalue weighted by molar-refractivity contribution is 7.80. The van der Waals surface area contributed by atoms with Crippen LogP contribution in [0.25, 0.3) is 0 Å². The summed E-state index contributed by atoms with van der Waals surface area (Å²) in [6, 6.07) is 0. The van der Waals surface area contributed by atoms with E-state index in [0.717, 1.165) is 10.7 Å². The van der Waals surface area contributed by atoms with Crippen LogP contribution < -0.4 is 11.1 Å². The third-order valence-electron chi connectivity index (χ3n) is 3.18. The number of thiocarbonyl (C=S) groups is 1. The number of nitrogens with two attached hydrogens (primary N) is 1. The number of amides is 1. The van der Waals surface area contributed by atoms with E-state index in [0.29, 0.717) is 19.4 Å². The zero-order valence-electron chi connectivity index (χ0n) is 10.9. The maximum absolute atomic E-state index is 12.2. The van der Waals surface area contributed by atoms with Crippen molar-refractivity contribution in [2.75, 3.05) is 0 Å². The molecule has 0 aromatic carbocycles. The minimum Gasteiger partial charge on any atom is -0.392 e. The van der Waals surface area contributed by atoms with E-state index in [9.17, 15) is 4.79 Å². The first kappa shape index (κ1) is 15.0. The summed E-state index contributed by atoms with van der Waals surface area (Å²) in [6.45, 7) is 6.21. The number of thiazole rings is 1. The third kappa shape index (κ3) is 3.05. The van der Waals surface area contributed by atoms with Crippen molar-refractivity contribution < 1.29 is 4.79 Å². The molecule has 0 unspecified atom stereocenters. The highest BCUT2D eigenvalue weighted by Crippen LogP contribution is 2.27. The molecule has 1 amide bonds. The summed E-state index contributed by atoms with van der Waals surface area (Å²) in [6.07, 6.45) is 1.23. The molecule has 18 heavy (non-hydrogen) atoms. The number of hydrogen-bond donors (Lipinski definition) is 2. The summed E-state index contributed by atoms with van der Waals surface area (Å²) in [5, 5.41) is 5.73. The number of rotatable bonds is 6. The van der Waals surface area contributed by atoms with Crippen molar-refractivity contribution in [1.29, 1.82) is 0 Å². The standard InChI is InChI=1S/C12H19N3OS2/c1-4-12(5-2,10(13)17)11(16)14-6-9-15-8(3)7-18-9/h7H,4-6H2,1-3H3,(H2,13,17)(H,14,16). The lowest BCUT2D eigenvalue weighted by molar-refractivity contribution is -0.128. The van der Waals surface area contributed by atoms with Crippen molar-refractivity contribution in [2.24, 2.45) is 11.1 Å². The van der Waals surface area contributed by atoms with Crippen molar-refractivity contribution in [3.63, 3.8) is 0 Å². The van der Waals surface area contributed by atoms with Crippen LogP contribution in [0.15, 0.2) is 5.38 Å². The van der Waals surface area contributed by atoms with Gasteiger partial charge in [-0.2, -0.15) is 0 Å². The highest BCUT2D eigenvalue weighted by atomic mass is 32.1. The van der Waals surface area contributed by atoms with Crippen LogP contribution in [-0.4, -0.2) is 15.9 Å². The first-order valence-electron chi connectivity index (χ1n) is 5.95. The first-order chi connectivity index (χ1) is 8.46. The zero-order valence-corrected chi connectivity index (χ0v) is 12.6.